The second-order valence-electron chi connectivity index (χ2n) is 8.38. The number of rotatable bonds is 4. The van der Waals surface area contributed by atoms with Crippen molar-refractivity contribution in [3.63, 3.8) is 0 Å². The summed E-state index contributed by atoms with van der Waals surface area (Å²) in [6.45, 7) is 8.56. The Bertz CT molecular complexity index is 953. The minimum Gasteiger partial charge on any atom is -0.488 e. The number of nitrogens with zero attached hydrogens (tertiary/aromatic N) is 1. The van der Waals surface area contributed by atoms with Crippen LogP contribution < -0.4 is 4.74 Å². The van der Waals surface area contributed by atoms with E-state index in [1.165, 1.54) is 12.1 Å². The monoisotopic (exact) mass is 379 g/mol. The molecule has 2 aromatic carbocycles. The lowest BCUT2D eigenvalue weighted by molar-refractivity contribution is 0.0534. The van der Waals surface area contributed by atoms with Crippen molar-refractivity contribution >= 4 is 17.8 Å². The van der Waals surface area contributed by atoms with E-state index < -0.39 is 5.97 Å². The number of carboxylic acids is 1. The third kappa shape index (κ3) is 4.09. The standard InChI is InChI=1S/C23H25NO4/c1-22(2)14-23(3,4)28-20-12-10-17(13-18(20)22)19(24-27)11-7-15-5-8-16(9-6-15)21(25)26/h5-13,27H,14H2,1-4H3,(H,25,26)/b11-7-,24-19?. The molecule has 2 N–H and O–H groups in total. The molecule has 0 amide bonds. The Labute approximate surface area is 165 Å². The van der Waals surface area contributed by atoms with E-state index in [4.69, 9.17) is 9.84 Å². The van der Waals surface area contributed by atoms with Gasteiger partial charge < -0.3 is 15.1 Å². The number of benzene rings is 2. The number of carbonyl (C=O) groups is 1. The van der Waals surface area contributed by atoms with Gasteiger partial charge in [0.2, 0.25) is 0 Å². The molecule has 28 heavy (non-hydrogen) atoms. The fraction of sp³-hybridized carbons (Fsp3) is 0.304. The van der Waals surface area contributed by atoms with E-state index in [1.807, 2.05) is 18.2 Å². The van der Waals surface area contributed by atoms with E-state index in [-0.39, 0.29) is 16.6 Å². The molecule has 0 fully saturated rings. The summed E-state index contributed by atoms with van der Waals surface area (Å²) in [7, 11) is 0. The van der Waals surface area contributed by atoms with Crippen LogP contribution in [-0.4, -0.2) is 27.6 Å². The number of hydrogen-bond donors (Lipinski definition) is 2. The zero-order valence-electron chi connectivity index (χ0n) is 16.6. The van der Waals surface area contributed by atoms with Crippen molar-refractivity contribution in [3.8, 4) is 5.75 Å². The minimum absolute atomic E-state index is 0.0654. The molecule has 0 saturated heterocycles. The predicted octanol–water partition coefficient (Wildman–Crippen LogP) is 5.12. The van der Waals surface area contributed by atoms with Gasteiger partial charge in [-0.1, -0.05) is 37.2 Å². The molecule has 5 heteroatoms. The molecular formula is C23H25NO4. The third-order valence-electron chi connectivity index (χ3n) is 4.96. The predicted molar refractivity (Wildman–Crippen MR) is 110 cm³/mol. The molecule has 1 heterocycles. The molecule has 3 rings (SSSR count). The fourth-order valence-electron chi connectivity index (χ4n) is 3.90. The lowest BCUT2D eigenvalue weighted by Gasteiger charge is -2.42. The zero-order valence-corrected chi connectivity index (χ0v) is 16.6. The largest absolute Gasteiger partial charge is 0.488 e. The number of hydrogen-bond acceptors (Lipinski definition) is 4. The van der Waals surface area contributed by atoms with Gasteiger partial charge in [-0.2, -0.15) is 0 Å². The molecule has 0 aromatic heterocycles. The highest BCUT2D eigenvalue weighted by Crippen LogP contribution is 2.44. The van der Waals surface area contributed by atoms with Gasteiger partial charge in [0.05, 0.1) is 5.56 Å². The van der Waals surface area contributed by atoms with Crippen molar-refractivity contribution in [2.45, 2.75) is 45.1 Å². The Kier molecular flexibility index (Phi) is 5.02. The highest BCUT2D eigenvalue weighted by Gasteiger charge is 2.39. The third-order valence-corrected chi connectivity index (χ3v) is 4.96. The first-order valence-corrected chi connectivity index (χ1v) is 9.19. The Morgan fingerprint density at radius 2 is 1.71 bits per heavy atom. The van der Waals surface area contributed by atoms with Gasteiger partial charge in [0.25, 0.3) is 0 Å². The number of allylic oxidation sites excluding steroid dienone is 1. The Hall–Kier alpha value is -3.08. The molecule has 2 aromatic rings. The van der Waals surface area contributed by atoms with E-state index in [0.717, 1.165) is 28.9 Å². The molecular weight excluding hydrogens is 354 g/mol. The van der Waals surface area contributed by atoms with Crippen LogP contribution in [0.4, 0.5) is 0 Å². The zero-order chi connectivity index (χ0) is 20.5. The molecule has 1 aliphatic heterocycles. The smallest absolute Gasteiger partial charge is 0.335 e. The number of aromatic carboxylic acids is 1. The normalized spacial score (nSPS) is 17.8. The van der Waals surface area contributed by atoms with E-state index in [2.05, 4.69) is 32.9 Å². The maximum atomic E-state index is 10.9. The van der Waals surface area contributed by atoms with Gasteiger partial charge in [-0.3, -0.25) is 0 Å². The van der Waals surface area contributed by atoms with Crippen LogP contribution in [0.5, 0.6) is 5.75 Å². The SMILES string of the molecule is CC1(C)CC(C)(C)c2cc(C(/C=C\c3ccc(C(=O)O)cc3)=NO)ccc2O1. The van der Waals surface area contributed by atoms with Crippen molar-refractivity contribution in [1.82, 2.24) is 0 Å². The first-order chi connectivity index (χ1) is 13.1. The quantitative estimate of drug-likeness (QED) is 0.439. The average Bonchev–Trinajstić information content (AvgIpc) is 2.61. The first kappa shape index (κ1) is 19.7. The Balaban J connectivity index is 1.89. The second-order valence-corrected chi connectivity index (χ2v) is 8.38. The van der Waals surface area contributed by atoms with Gasteiger partial charge in [0.15, 0.2) is 0 Å². The van der Waals surface area contributed by atoms with Gasteiger partial charge in [-0.05, 0) is 67.7 Å². The van der Waals surface area contributed by atoms with E-state index in [0.29, 0.717) is 5.71 Å². The summed E-state index contributed by atoms with van der Waals surface area (Å²) in [6.07, 6.45) is 4.37. The maximum absolute atomic E-state index is 10.9. The van der Waals surface area contributed by atoms with Crippen LogP contribution in [0.25, 0.3) is 6.08 Å². The molecule has 0 saturated carbocycles. The van der Waals surface area contributed by atoms with Crippen LogP contribution in [0.15, 0.2) is 53.7 Å². The number of oxime groups is 1. The minimum atomic E-state index is -0.963. The van der Waals surface area contributed by atoms with Gasteiger partial charge >= 0.3 is 5.97 Å². The molecule has 1 aliphatic rings. The van der Waals surface area contributed by atoms with Crippen LogP contribution in [0.3, 0.4) is 0 Å². The van der Waals surface area contributed by atoms with Gasteiger partial charge in [-0.25, -0.2) is 4.79 Å². The summed E-state index contributed by atoms with van der Waals surface area (Å²) in [5.41, 5.74) is 3.05. The van der Waals surface area contributed by atoms with E-state index in [9.17, 15) is 10.0 Å². The van der Waals surface area contributed by atoms with Crippen molar-refractivity contribution < 1.29 is 19.8 Å². The fourth-order valence-corrected chi connectivity index (χ4v) is 3.90. The topological polar surface area (TPSA) is 79.1 Å². The maximum Gasteiger partial charge on any atom is 0.335 e. The van der Waals surface area contributed by atoms with Crippen molar-refractivity contribution in [2.24, 2.45) is 5.16 Å². The Morgan fingerprint density at radius 1 is 1.07 bits per heavy atom. The number of carboxylic acid groups (broad SMARTS) is 1. The van der Waals surface area contributed by atoms with Crippen molar-refractivity contribution in [3.05, 3.63) is 70.8 Å². The first-order valence-electron chi connectivity index (χ1n) is 9.19. The molecule has 146 valence electrons. The van der Waals surface area contributed by atoms with Gasteiger partial charge in [-0.15, -0.1) is 0 Å². The Morgan fingerprint density at radius 3 is 2.32 bits per heavy atom. The van der Waals surface area contributed by atoms with Gasteiger partial charge in [0.1, 0.15) is 17.1 Å². The summed E-state index contributed by atoms with van der Waals surface area (Å²) in [4.78, 5) is 10.9. The summed E-state index contributed by atoms with van der Waals surface area (Å²) in [5, 5.41) is 21.9. The van der Waals surface area contributed by atoms with Gasteiger partial charge in [0, 0.05) is 11.1 Å². The average molecular weight is 379 g/mol. The summed E-state index contributed by atoms with van der Waals surface area (Å²) >= 11 is 0. The number of fused-ring (bicyclic) bond motifs is 1. The lowest BCUT2D eigenvalue weighted by atomic mass is 9.73. The molecule has 0 unspecified atom stereocenters. The summed E-state index contributed by atoms with van der Waals surface area (Å²) < 4.78 is 6.11. The van der Waals surface area contributed by atoms with Crippen LogP contribution in [-0.2, 0) is 5.41 Å². The van der Waals surface area contributed by atoms with Crippen LogP contribution in [0.2, 0.25) is 0 Å². The van der Waals surface area contributed by atoms with E-state index >= 15 is 0 Å². The molecule has 0 atom stereocenters. The lowest BCUT2D eigenvalue weighted by Crippen LogP contribution is -2.41. The summed E-state index contributed by atoms with van der Waals surface area (Å²) in [5.74, 6) is -0.106. The summed E-state index contributed by atoms with van der Waals surface area (Å²) in [6, 6.07) is 12.3. The van der Waals surface area contributed by atoms with Crippen LogP contribution in [0.1, 0.15) is 61.2 Å². The van der Waals surface area contributed by atoms with Crippen LogP contribution >= 0.6 is 0 Å². The van der Waals surface area contributed by atoms with Crippen LogP contribution in [0, 0.1) is 0 Å². The molecule has 0 bridgehead atoms. The molecule has 5 nitrogen and oxygen atoms in total. The molecule has 0 radical (unpaired) electrons. The van der Waals surface area contributed by atoms with Crippen molar-refractivity contribution in [2.75, 3.05) is 0 Å². The molecule has 0 aliphatic carbocycles. The highest BCUT2D eigenvalue weighted by atomic mass is 16.5. The molecule has 0 spiro atoms. The highest BCUT2D eigenvalue weighted by molar-refractivity contribution is 6.10. The number of ether oxygens (including phenoxy) is 1. The van der Waals surface area contributed by atoms with Crippen molar-refractivity contribution in [1.29, 1.82) is 0 Å². The van der Waals surface area contributed by atoms with E-state index in [1.54, 1.807) is 24.3 Å². The second kappa shape index (κ2) is 7.15.